The number of ketones is 1. The smallest absolute Gasteiger partial charge is 0.268 e. The Morgan fingerprint density at radius 1 is 1.06 bits per heavy atom. The van der Waals surface area contributed by atoms with Crippen molar-refractivity contribution in [3.63, 3.8) is 0 Å². The van der Waals surface area contributed by atoms with Crippen molar-refractivity contribution in [1.82, 2.24) is 9.97 Å². The van der Waals surface area contributed by atoms with Gasteiger partial charge in [-0.05, 0) is 49.4 Å². The van der Waals surface area contributed by atoms with Gasteiger partial charge in [0.2, 0.25) is 5.78 Å². The van der Waals surface area contributed by atoms with Crippen LogP contribution in [0.15, 0.2) is 82.7 Å². The Balaban J connectivity index is 1.33. The maximum Gasteiger partial charge on any atom is 0.268 e. The minimum absolute atomic E-state index is 0.154. The van der Waals surface area contributed by atoms with Crippen molar-refractivity contribution in [2.75, 3.05) is 11.4 Å². The summed E-state index contributed by atoms with van der Waals surface area (Å²) in [4.78, 5) is 36.7. The van der Waals surface area contributed by atoms with Crippen molar-refractivity contribution in [2.24, 2.45) is 0 Å². The Bertz CT molecular complexity index is 1540. The van der Waals surface area contributed by atoms with E-state index in [2.05, 4.69) is 4.98 Å². The Kier molecular flexibility index (Phi) is 5.15. The number of thiazole rings is 1. The van der Waals surface area contributed by atoms with E-state index in [4.69, 9.17) is 14.1 Å². The fraction of sp³-hybridized carbons (Fsp3) is 0.111. The molecule has 0 bridgehead atoms. The minimum atomic E-state index is -0.702. The number of benzene rings is 2. The van der Waals surface area contributed by atoms with Crippen LogP contribution in [0.2, 0.25) is 0 Å². The first kappa shape index (κ1) is 21.2. The lowest BCUT2D eigenvalue weighted by atomic mass is 10.1. The van der Waals surface area contributed by atoms with Gasteiger partial charge in [-0.25, -0.2) is 4.98 Å². The Labute approximate surface area is 204 Å². The van der Waals surface area contributed by atoms with Gasteiger partial charge in [-0.2, -0.15) is 0 Å². The van der Waals surface area contributed by atoms with E-state index in [0.29, 0.717) is 17.0 Å². The number of aromatic nitrogens is 2. The SMILES string of the molecule is CC1Oc2ccc(-c3csc(-c4ccccn4)n3)cc2N(CC(=O)c2cc3ccccc3o2)C1=O. The summed E-state index contributed by atoms with van der Waals surface area (Å²) in [6.07, 6.45) is 1.03. The third-order valence-electron chi connectivity index (χ3n) is 5.85. The molecule has 0 saturated carbocycles. The number of para-hydroxylation sites is 1. The van der Waals surface area contributed by atoms with Crippen molar-refractivity contribution in [3.8, 4) is 27.7 Å². The zero-order valence-electron chi connectivity index (χ0n) is 18.7. The number of ether oxygens (including phenoxy) is 1. The van der Waals surface area contributed by atoms with Gasteiger partial charge >= 0.3 is 0 Å². The van der Waals surface area contributed by atoms with E-state index < -0.39 is 6.10 Å². The fourth-order valence-electron chi connectivity index (χ4n) is 4.08. The lowest BCUT2D eigenvalue weighted by Gasteiger charge is -2.32. The summed E-state index contributed by atoms with van der Waals surface area (Å²) in [5.41, 5.74) is 3.53. The van der Waals surface area contributed by atoms with Gasteiger partial charge in [0.05, 0.1) is 23.6 Å². The van der Waals surface area contributed by atoms with Gasteiger partial charge in [0, 0.05) is 22.5 Å². The summed E-state index contributed by atoms with van der Waals surface area (Å²) in [6, 6.07) is 20.4. The highest BCUT2D eigenvalue weighted by Crippen LogP contribution is 2.38. The number of furan rings is 1. The predicted octanol–water partition coefficient (Wildman–Crippen LogP) is 5.62. The molecule has 6 rings (SSSR count). The number of fused-ring (bicyclic) bond motifs is 2. The van der Waals surface area contributed by atoms with E-state index in [-0.39, 0.29) is 24.0 Å². The Hall–Kier alpha value is -4.30. The molecule has 1 atom stereocenters. The molecule has 172 valence electrons. The van der Waals surface area contributed by atoms with E-state index in [1.165, 1.54) is 16.2 Å². The lowest BCUT2D eigenvalue weighted by Crippen LogP contribution is -2.46. The van der Waals surface area contributed by atoms with Crippen molar-refractivity contribution in [3.05, 3.63) is 84.1 Å². The van der Waals surface area contributed by atoms with Gasteiger partial charge in [-0.15, -0.1) is 11.3 Å². The topological polar surface area (TPSA) is 85.5 Å². The van der Waals surface area contributed by atoms with E-state index >= 15 is 0 Å². The molecule has 0 saturated heterocycles. The number of anilines is 1. The van der Waals surface area contributed by atoms with Crippen LogP contribution in [-0.4, -0.2) is 34.3 Å². The van der Waals surface area contributed by atoms with Crippen LogP contribution >= 0.6 is 11.3 Å². The summed E-state index contributed by atoms with van der Waals surface area (Å²) in [7, 11) is 0. The van der Waals surface area contributed by atoms with Gasteiger partial charge in [0.15, 0.2) is 11.9 Å². The van der Waals surface area contributed by atoms with Crippen molar-refractivity contribution in [1.29, 1.82) is 0 Å². The van der Waals surface area contributed by atoms with E-state index in [1.807, 2.05) is 66.0 Å². The molecule has 1 aliphatic heterocycles. The molecule has 2 aromatic carbocycles. The second-order valence-corrected chi connectivity index (χ2v) is 9.05. The summed E-state index contributed by atoms with van der Waals surface area (Å²) in [5.74, 6) is 0.187. The van der Waals surface area contributed by atoms with Gasteiger partial charge in [0.25, 0.3) is 5.91 Å². The number of pyridine rings is 1. The number of Topliss-reactive ketones (excluding diaryl/α,β-unsaturated/α-hetero) is 1. The maximum absolute atomic E-state index is 13.1. The van der Waals surface area contributed by atoms with Crippen LogP contribution in [-0.2, 0) is 4.79 Å². The standard InChI is InChI=1S/C27H19N3O4S/c1-16-27(32)30(14-22(31)25-13-18-6-2-3-8-23(18)34-25)21-12-17(9-10-24(21)33-16)20-15-35-26(29-20)19-7-4-5-11-28-19/h2-13,15-16H,14H2,1H3. The van der Waals surface area contributed by atoms with Gasteiger partial charge in [0.1, 0.15) is 16.3 Å². The zero-order chi connectivity index (χ0) is 23.9. The Morgan fingerprint density at radius 3 is 2.74 bits per heavy atom. The van der Waals surface area contributed by atoms with Gasteiger partial charge < -0.3 is 9.15 Å². The van der Waals surface area contributed by atoms with Crippen molar-refractivity contribution < 1.29 is 18.7 Å². The molecule has 1 amide bonds. The molecule has 4 heterocycles. The number of rotatable bonds is 5. The maximum atomic E-state index is 13.1. The van der Waals surface area contributed by atoms with Crippen LogP contribution in [0.5, 0.6) is 5.75 Å². The minimum Gasteiger partial charge on any atom is -0.479 e. The van der Waals surface area contributed by atoms with Crippen LogP contribution in [0.25, 0.3) is 32.9 Å². The second kappa shape index (κ2) is 8.48. The molecule has 8 heteroatoms. The number of nitrogens with zero attached hydrogens (tertiary/aromatic N) is 3. The molecule has 1 aliphatic rings. The van der Waals surface area contributed by atoms with Crippen molar-refractivity contribution >= 4 is 39.7 Å². The van der Waals surface area contributed by atoms with Crippen LogP contribution in [0.4, 0.5) is 5.69 Å². The molecule has 0 N–H and O–H groups in total. The Morgan fingerprint density at radius 2 is 1.91 bits per heavy atom. The molecule has 0 aliphatic carbocycles. The van der Waals surface area contributed by atoms with Crippen molar-refractivity contribution in [2.45, 2.75) is 13.0 Å². The molecule has 1 unspecified atom stereocenters. The third-order valence-corrected chi connectivity index (χ3v) is 6.72. The number of carbonyl (C=O) groups excluding carboxylic acids is 2. The average molecular weight is 482 g/mol. The largest absolute Gasteiger partial charge is 0.479 e. The first-order valence-corrected chi connectivity index (χ1v) is 12.0. The van der Waals surface area contributed by atoms with E-state index in [1.54, 1.807) is 19.2 Å². The normalized spacial score (nSPS) is 15.2. The molecule has 3 aromatic heterocycles. The molecular formula is C27H19N3O4S. The lowest BCUT2D eigenvalue weighted by molar-refractivity contribution is -0.125. The number of amides is 1. The highest BCUT2D eigenvalue weighted by atomic mass is 32.1. The average Bonchev–Trinajstić information content (AvgIpc) is 3.55. The zero-order valence-corrected chi connectivity index (χ0v) is 19.5. The molecule has 35 heavy (non-hydrogen) atoms. The molecule has 0 fully saturated rings. The monoisotopic (exact) mass is 481 g/mol. The quantitative estimate of drug-likeness (QED) is 0.303. The number of hydrogen-bond acceptors (Lipinski definition) is 7. The summed E-state index contributed by atoms with van der Waals surface area (Å²) in [6.45, 7) is 1.52. The summed E-state index contributed by atoms with van der Waals surface area (Å²) >= 11 is 1.49. The van der Waals surface area contributed by atoms with E-state index in [0.717, 1.165) is 27.3 Å². The first-order valence-electron chi connectivity index (χ1n) is 11.1. The molecule has 0 radical (unpaired) electrons. The fourth-order valence-corrected chi connectivity index (χ4v) is 4.89. The number of carbonyl (C=O) groups is 2. The highest BCUT2D eigenvalue weighted by molar-refractivity contribution is 7.13. The molecular weight excluding hydrogens is 462 g/mol. The molecule has 0 spiro atoms. The second-order valence-electron chi connectivity index (χ2n) is 8.19. The van der Waals surface area contributed by atoms with Crippen LogP contribution in [0.1, 0.15) is 17.5 Å². The van der Waals surface area contributed by atoms with Crippen LogP contribution in [0.3, 0.4) is 0 Å². The highest BCUT2D eigenvalue weighted by Gasteiger charge is 2.34. The summed E-state index contributed by atoms with van der Waals surface area (Å²) < 4.78 is 11.5. The summed E-state index contributed by atoms with van der Waals surface area (Å²) in [5, 5.41) is 3.59. The molecule has 7 nitrogen and oxygen atoms in total. The van der Waals surface area contributed by atoms with Crippen LogP contribution in [0, 0.1) is 0 Å². The van der Waals surface area contributed by atoms with Gasteiger partial charge in [-0.1, -0.05) is 24.3 Å². The third kappa shape index (κ3) is 3.87. The van der Waals surface area contributed by atoms with Gasteiger partial charge in [-0.3, -0.25) is 19.5 Å². The molecule has 5 aromatic rings. The van der Waals surface area contributed by atoms with E-state index in [9.17, 15) is 9.59 Å². The predicted molar refractivity (Wildman–Crippen MR) is 134 cm³/mol. The van der Waals surface area contributed by atoms with Crippen LogP contribution < -0.4 is 9.64 Å². The number of hydrogen-bond donors (Lipinski definition) is 0. The first-order chi connectivity index (χ1) is 17.1.